The first-order chi connectivity index (χ1) is 16.2. The van der Waals surface area contributed by atoms with Crippen molar-refractivity contribution in [1.29, 1.82) is 0 Å². The molecule has 0 aliphatic rings. The molecule has 2 N–H and O–H groups in total. The number of nitrogens with zero attached hydrogens (tertiary/aromatic N) is 2. The average Bonchev–Trinajstić information content (AvgIpc) is 2.80. The Balaban J connectivity index is 1.67. The molecule has 0 atom stereocenters. The van der Waals surface area contributed by atoms with Gasteiger partial charge in [0.2, 0.25) is 27.7 Å². The predicted molar refractivity (Wildman–Crippen MR) is 126 cm³/mol. The van der Waals surface area contributed by atoms with E-state index in [0.29, 0.717) is 17.2 Å². The molecular weight excluding hydrogens is 460 g/mol. The van der Waals surface area contributed by atoms with Gasteiger partial charge in [0, 0.05) is 25.9 Å². The van der Waals surface area contributed by atoms with Crippen molar-refractivity contribution in [1.82, 2.24) is 9.29 Å². The fourth-order valence-electron chi connectivity index (χ4n) is 2.89. The summed E-state index contributed by atoms with van der Waals surface area (Å²) in [6.45, 7) is 0.916. The molecule has 0 fully saturated rings. The maximum Gasteiger partial charge on any atom is 0.243 e. The van der Waals surface area contributed by atoms with E-state index in [9.17, 15) is 18.0 Å². The second-order valence-electron chi connectivity index (χ2n) is 7.15. The fraction of sp³-hybridized carbons (Fsp3) is 0.174. The van der Waals surface area contributed by atoms with Crippen LogP contribution in [0.1, 0.15) is 6.92 Å². The van der Waals surface area contributed by atoms with Crippen molar-refractivity contribution in [2.75, 3.05) is 31.3 Å². The second kappa shape index (κ2) is 10.8. The van der Waals surface area contributed by atoms with Crippen LogP contribution in [0.25, 0.3) is 0 Å². The quantitative estimate of drug-likeness (QED) is 0.478. The lowest BCUT2D eigenvalue weighted by Crippen LogP contribution is -2.35. The zero-order valence-electron chi connectivity index (χ0n) is 18.8. The number of anilines is 2. The number of rotatable bonds is 9. The number of amides is 2. The number of aromatic nitrogens is 1. The van der Waals surface area contributed by atoms with Crippen LogP contribution in [0.15, 0.2) is 71.8 Å². The summed E-state index contributed by atoms with van der Waals surface area (Å²) >= 11 is 0. The molecule has 3 rings (SSSR count). The number of hydrogen-bond acceptors (Lipinski definition) is 7. The van der Waals surface area contributed by atoms with Crippen molar-refractivity contribution >= 4 is 33.2 Å². The molecule has 1 heterocycles. The highest BCUT2D eigenvalue weighted by Crippen LogP contribution is 2.28. The van der Waals surface area contributed by atoms with Crippen LogP contribution >= 0.6 is 0 Å². The Labute approximate surface area is 197 Å². The number of pyridine rings is 1. The van der Waals surface area contributed by atoms with E-state index in [4.69, 9.17) is 9.47 Å². The third kappa shape index (κ3) is 6.30. The van der Waals surface area contributed by atoms with Gasteiger partial charge in [-0.2, -0.15) is 4.31 Å². The van der Waals surface area contributed by atoms with Crippen molar-refractivity contribution < 1.29 is 27.5 Å². The monoisotopic (exact) mass is 484 g/mol. The van der Waals surface area contributed by atoms with Gasteiger partial charge in [-0.1, -0.05) is 0 Å². The Bertz CT molecular complexity index is 1260. The first kappa shape index (κ1) is 24.7. The number of carbonyl (C=O) groups is 2. The highest BCUT2D eigenvalue weighted by Gasteiger charge is 2.23. The highest BCUT2D eigenvalue weighted by molar-refractivity contribution is 7.89. The number of hydrogen-bond donors (Lipinski definition) is 2. The molecule has 0 aliphatic carbocycles. The van der Waals surface area contributed by atoms with E-state index in [1.807, 2.05) is 0 Å². The van der Waals surface area contributed by atoms with E-state index in [1.165, 1.54) is 44.4 Å². The van der Waals surface area contributed by atoms with Gasteiger partial charge in [0.1, 0.15) is 17.2 Å². The van der Waals surface area contributed by atoms with Crippen molar-refractivity contribution in [2.45, 2.75) is 11.8 Å². The zero-order valence-corrected chi connectivity index (χ0v) is 19.6. The Morgan fingerprint density at radius 1 is 0.971 bits per heavy atom. The molecule has 0 bridgehead atoms. The molecule has 178 valence electrons. The van der Waals surface area contributed by atoms with Crippen LogP contribution in [0.3, 0.4) is 0 Å². The molecule has 0 aliphatic heterocycles. The van der Waals surface area contributed by atoms with Crippen LogP contribution in [-0.4, -0.2) is 50.2 Å². The van der Waals surface area contributed by atoms with Crippen molar-refractivity contribution in [3.63, 3.8) is 0 Å². The summed E-state index contributed by atoms with van der Waals surface area (Å²) in [6.07, 6.45) is 1.51. The summed E-state index contributed by atoms with van der Waals surface area (Å²) in [4.78, 5) is 27.9. The predicted octanol–water partition coefficient (Wildman–Crippen LogP) is 3.10. The van der Waals surface area contributed by atoms with E-state index < -0.39 is 22.5 Å². The summed E-state index contributed by atoms with van der Waals surface area (Å²) in [6, 6.07) is 15.7. The van der Waals surface area contributed by atoms with Crippen LogP contribution in [0, 0.1) is 0 Å². The maximum atomic E-state index is 12.8. The fourth-order valence-corrected chi connectivity index (χ4v) is 4.02. The Hall–Kier alpha value is -3.96. The largest absolute Gasteiger partial charge is 0.497 e. The van der Waals surface area contributed by atoms with E-state index in [2.05, 4.69) is 15.6 Å². The lowest BCUT2D eigenvalue weighted by molar-refractivity contribution is -0.116. The average molecular weight is 485 g/mol. The number of methoxy groups -OCH3 is 1. The second-order valence-corrected chi connectivity index (χ2v) is 9.19. The maximum absolute atomic E-state index is 12.8. The van der Waals surface area contributed by atoms with E-state index in [1.54, 1.807) is 43.5 Å². The number of sulfonamides is 1. The van der Waals surface area contributed by atoms with Crippen molar-refractivity contribution in [2.24, 2.45) is 0 Å². The minimum Gasteiger partial charge on any atom is -0.497 e. The molecule has 11 heteroatoms. The van der Waals surface area contributed by atoms with Crippen LogP contribution in [-0.2, 0) is 19.6 Å². The third-order valence-electron chi connectivity index (χ3n) is 4.57. The minimum absolute atomic E-state index is 0.0122. The Morgan fingerprint density at radius 3 is 2.24 bits per heavy atom. The smallest absolute Gasteiger partial charge is 0.243 e. The molecule has 0 radical (unpaired) electrons. The van der Waals surface area contributed by atoms with E-state index in [-0.39, 0.29) is 22.4 Å². The summed E-state index contributed by atoms with van der Waals surface area (Å²) in [5.74, 6) is 0.456. The SMILES string of the molecule is COc1ccc(Oc2ncccc2NC(=O)CN(C)S(=O)(=O)c2ccc(NC(C)=O)cc2)cc1. The molecule has 0 unspecified atom stereocenters. The standard InChI is InChI=1S/C23H24N4O6S/c1-16(28)25-17-6-12-20(13-7-17)34(30,31)27(2)15-22(29)26-21-5-4-14-24-23(21)33-19-10-8-18(32-3)9-11-19/h4-14H,15H2,1-3H3,(H,25,28)(H,26,29). The molecule has 1 aromatic heterocycles. The molecule has 10 nitrogen and oxygen atoms in total. The summed E-state index contributed by atoms with van der Waals surface area (Å²) in [5, 5.41) is 5.20. The van der Waals surface area contributed by atoms with Crippen LogP contribution in [0.4, 0.5) is 11.4 Å². The van der Waals surface area contributed by atoms with E-state index >= 15 is 0 Å². The normalized spacial score (nSPS) is 11.1. The van der Waals surface area contributed by atoms with Gasteiger partial charge in [0.05, 0.1) is 18.6 Å². The van der Waals surface area contributed by atoms with Gasteiger partial charge in [0.15, 0.2) is 0 Å². The van der Waals surface area contributed by atoms with Crippen LogP contribution < -0.4 is 20.1 Å². The number of nitrogens with one attached hydrogen (secondary N) is 2. The van der Waals surface area contributed by atoms with Gasteiger partial charge in [-0.15, -0.1) is 0 Å². The molecule has 2 amide bonds. The lowest BCUT2D eigenvalue weighted by atomic mass is 10.3. The van der Waals surface area contributed by atoms with E-state index in [0.717, 1.165) is 4.31 Å². The lowest BCUT2D eigenvalue weighted by Gasteiger charge is -2.18. The number of benzene rings is 2. The molecule has 2 aromatic carbocycles. The first-order valence-corrected chi connectivity index (χ1v) is 11.5. The molecule has 0 saturated heterocycles. The molecule has 34 heavy (non-hydrogen) atoms. The van der Waals surface area contributed by atoms with Crippen molar-refractivity contribution in [3.05, 3.63) is 66.9 Å². The van der Waals surface area contributed by atoms with Crippen LogP contribution in [0.5, 0.6) is 17.4 Å². The van der Waals surface area contributed by atoms with Gasteiger partial charge >= 0.3 is 0 Å². The number of carbonyl (C=O) groups excluding carboxylic acids is 2. The first-order valence-electron chi connectivity index (χ1n) is 10.1. The van der Waals surface area contributed by atoms with Gasteiger partial charge in [0.25, 0.3) is 0 Å². The highest BCUT2D eigenvalue weighted by atomic mass is 32.2. The van der Waals surface area contributed by atoms with Gasteiger partial charge in [-0.05, 0) is 60.7 Å². The summed E-state index contributed by atoms with van der Waals surface area (Å²) in [7, 11) is -1.08. The number of likely N-dealkylation sites (N-methyl/N-ethyl adjacent to an activating group) is 1. The van der Waals surface area contributed by atoms with Gasteiger partial charge < -0.3 is 20.1 Å². The van der Waals surface area contributed by atoms with Crippen molar-refractivity contribution in [3.8, 4) is 17.4 Å². The topological polar surface area (TPSA) is 127 Å². The molecule has 3 aromatic rings. The summed E-state index contributed by atoms with van der Waals surface area (Å²) in [5.41, 5.74) is 0.751. The molecule has 0 spiro atoms. The Kier molecular flexibility index (Phi) is 7.82. The molecule has 0 saturated carbocycles. The van der Waals surface area contributed by atoms with Gasteiger partial charge in [-0.25, -0.2) is 13.4 Å². The minimum atomic E-state index is -3.94. The zero-order chi connectivity index (χ0) is 24.7. The molecular formula is C23H24N4O6S. The summed E-state index contributed by atoms with van der Waals surface area (Å²) < 4.78 is 37.4. The van der Waals surface area contributed by atoms with Gasteiger partial charge in [-0.3, -0.25) is 9.59 Å². The van der Waals surface area contributed by atoms with Crippen LogP contribution in [0.2, 0.25) is 0 Å². The number of ether oxygens (including phenoxy) is 2. The third-order valence-corrected chi connectivity index (χ3v) is 6.39. The Morgan fingerprint density at radius 2 is 1.62 bits per heavy atom.